The maximum Gasteiger partial charge on any atom is 0.271 e. The number of rotatable bonds is 5. The fourth-order valence-corrected chi connectivity index (χ4v) is 4.39. The maximum absolute atomic E-state index is 11.7. The quantitative estimate of drug-likeness (QED) is 0.513. The molecule has 26 heavy (non-hydrogen) atoms. The molecule has 2 atom stereocenters. The molecule has 0 aromatic carbocycles. The molecule has 1 amide bonds. The smallest absolute Gasteiger partial charge is 0.271 e. The summed E-state index contributed by atoms with van der Waals surface area (Å²) in [6, 6.07) is 1.86. The third-order valence-corrected chi connectivity index (χ3v) is 5.78. The number of ether oxygens (including phenoxy) is 1. The minimum absolute atomic E-state index is 0.0253. The van der Waals surface area contributed by atoms with Crippen molar-refractivity contribution in [1.82, 2.24) is 14.3 Å². The van der Waals surface area contributed by atoms with Crippen LogP contribution in [0.3, 0.4) is 0 Å². The molecule has 4 rings (SSSR count). The fourth-order valence-electron chi connectivity index (χ4n) is 2.73. The molecule has 3 aromatic rings. The number of aromatic nitrogens is 3. The van der Waals surface area contributed by atoms with E-state index in [4.69, 9.17) is 16.2 Å². The first-order valence-corrected chi connectivity index (χ1v) is 9.63. The van der Waals surface area contributed by atoms with Crippen molar-refractivity contribution in [3.8, 4) is 0 Å². The molecular weight excluding hydrogens is 374 g/mol. The Balaban J connectivity index is 1.63. The number of nitrogens with zero attached hydrogens (tertiary/aromatic N) is 3. The number of nitrogens with two attached hydrogens (primary N) is 2. The van der Waals surface area contributed by atoms with Crippen molar-refractivity contribution in [2.75, 3.05) is 23.8 Å². The van der Waals surface area contributed by atoms with Crippen LogP contribution in [-0.4, -0.2) is 45.5 Å². The fraction of sp³-hybridized carbons (Fsp3) is 0.333. The second-order valence-corrected chi connectivity index (χ2v) is 7.54. The minimum Gasteiger partial charge on any atom is -0.380 e. The minimum atomic E-state index is -0.652. The molecule has 1 aliphatic heterocycles. The van der Waals surface area contributed by atoms with Gasteiger partial charge in [0.1, 0.15) is 15.6 Å². The van der Waals surface area contributed by atoms with Crippen LogP contribution in [0.5, 0.6) is 0 Å². The molecule has 0 unspecified atom stereocenters. The van der Waals surface area contributed by atoms with E-state index < -0.39 is 5.91 Å². The number of hydrogen-bond donors (Lipinski definition) is 4. The van der Waals surface area contributed by atoms with E-state index >= 15 is 0 Å². The van der Waals surface area contributed by atoms with Gasteiger partial charge in [-0.15, -0.1) is 11.3 Å². The zero-order chi connectivity index (χ0) is 18.1. The predicted octanol–water partition coefficient (Wildman–Crippen LogP) is 1.52. The Morgan fingerprint density at radius 3 is 3.12 bits per heavy atom. The van der Waals surface area contributed by atoms with Gasteiger partial charge in [-0.05, 0) is 29.4 Å². The maximum atomic E-state index is 11.7. The van der Waals surface area contributed by atoms with Gasteiger partial charge in [-0.3, -0.25) is 4.79 Å². The van der Waals surface area contributed by atoms with Crippen LogP contribution in [0.25, 0.3) is 10.2 Å². The van der Waals surface area contributed by atoms with Crippen molar-refractivity contribution in [3.63, 3.8) is 0 Å². The van der Waals surface area contributed by atoms with Gasteiger partial charge in [0.05, 0.1) is 12.8 Å². The topological polar surface area (TPSA) is 141 Å². The van der Waals surface area contributed by atoms with Gasteiger partial charge >= 0.3 is 0 Å². The van der Waals surface area contributed by atoms with Gasteiger partial charge in [-0.25, -0.2) is 9.97 Å². The van der Waals surface area contributed by atoms with Crippen molar-refractivity contribution >= 4 is 55.6 Å². The van der Waals surface area contributed by atoms with Crippen molar-refractivity contribution < 1.29 is 9.53 Å². The number of anilines is 3. The van der Waals surface area contributed by atoms with Crippen molar-refractivity contribution in [3.05, 3.63) is 23.3 Å². The Morgan fingerprint density at radius 2 is 2.31 bits per heavy atom. The van der Waals surface area contributed by atoms with Gasteiger partial charge < -0.3 is 26.8 Å². The van der Waals surface area contributed by atoms with Crippen molar-refractivity contribution in [2.45, 2.75) is 18.5 Å². The summed E-state index contributed by atoms with van der Waals surface area (Å²) in [5, 5.41) is 10.1. The second kappa shape index (κ2) is 7.11. The molecular formula is C15H17N7O2S2. The highest BCUT2D eigenvalue weighted by molar-refractivity contribution is 7.21. The van der Waals surface area contributed by atoms with Gasteiger partial charge in [0.15, 0.2) is 11.5 Å². The van der Waals surface area contributed by atoms with E-state index in [1.54, 1.807) is 11.3 Å². The van der Waals surface area contributed by atoms with Gasteiger partial charge in [0.25, 0.3) is 5.91 Å². The molecule has 0 aliphatic carbocycles. The molecule has 1 aliphatic rings. The molecule has 136 valence electrons. The van der Waals surface area contributed by atoms with E-state index in [1.807, 2.05) is 11.4 Å². The molecule has 1 saturated heterocycles. The number of amides is 1. The van der Waals surface area contributed by atoms with Gasteiger partial charge in [0.2, 0.25) is 0 Å². The summed E-state index contributed by atoms with van der Waals surface area (Å²) in [4.78, 5) is 21.3. The zero-order valence-electron chi connectivity index (χ0n) is 13.6. The monoisotopic (exact) mass is 391 g/mol. The van der Waals surface area contributed by atoms with Gasteiger partial charge in [0, 0.05) is 24.1 Å². The first-order valence-electron chi connectivity index (χ1n) is 7.98. The first-order chi connectivity index (χ1) is 12.6. The number of primary amides is 1. The number of carbonyl (C=O) groups is 1. The molecule has 4 heterocycles. The first kappa shape index (κ1) is 17.1. The number of nitrogens with one attached hydrogen (secondary N) is 2. The summed E-state index contributed by atoms with van der Waals surface area (Å²) >= 11 is 2.85. The summed E-state index contributed by atoms with van der Waals surface area (Å²) in [6.45, 7) is 1.13. The highest BCUT2D eigenvalue weighted by atomic mass is 32.1. The SMILES string of the molecule is NC(=O)c1ncc(N[C@@H]2CCOC[C@@H]2N)nc1Nc1snc2sccc12. The average Bonchev–Trinajstić information content (AvgIpc) is 3.22. The molecule has 9 nitrogen and oxygen atoms in total. The third kappa shape index (κ3) is 3.33. The van der Waals surface area contributed by atoms with Gasteiger partial charge in [-0.2, -0.15) is 4.37 Å². The Labute approximate surface area is 156 Å². The normalized spacial score (nSPS) is 20.2. The number of carbonyl (C=O) groups excluding carboxylic acids is 1. The van der Waals surface area contributed by atoms with E-state index in [-0.39, 0.29) is 17.8 Å². The number of hydrogen-bond acceptors (Lipinski definition) is 10. The lowest BCUT2D eigenvalue weighted by molar-refractivity contribution is 0.0752. The molecule has 0 bridgehead atoms. The van der Waals surface area contributed by atoms with E-state index in [1.165, 1.54) is 17.7 Å². The molecule has 0 radical (unpaired) electrons. The van der Waals surface area contributed by atoms with Crippen LogP contribution in [0.1, 0.15) is 16.9 Å². The van der Waals surface area contributed by atoms with E-state index in [0.29, 0.717) is 24.8 Å². The predicted molar refractivity (Wildman–Crippen MR) is 102 cm³/mol. The molecule has 0 spiro atoms. The van der Waals surface area contributed by atoms with Crippen LogP contribution in [0, 0.1) is 0 Å². The van der Waals surface area contributed by atoms with Crippen molar-refractivity contribution in [2.24, 2.45) is 11.5 Å². The van der Waals surface area contributed by atoms with Crippen LogP contribution in [-0.2, 0) is 4.74 Å². The van der Waals surface area contributed by atoms with Crippen LogP contribution < -0.4 is 22.1 Å². The third-order valence-electron chi connectivity index (χ3n) is 4.08. The Kier molecular flexibility index (Phi) is 4.68. The lowest BCUT2D eigenvalue weighted by atomic mass is 10.0. The van der Waals surface area contributed by atoms with Crippen LogP contribution >= 0.6 is 22.9 Å². The Morgan fingerprint density at radius 1 is 1.42 bits per heavy atom. The number of thiophene rings is 1. The summed E-state index contributed by atoms with van der Waals surface area (Å²) < 4.78 is 9.71. The molecule has 11 heteroatoms. The summed E-state index contributed by atoms with van der Waals surface area (Å²) in [6.07, 6.45) is 2.26. The van der Waals surface area contributed by atoms with Crippen molar-refractivity contribution in [1.29, 1.82) is 0 Å². The van der Waals surface area contributed by atoms with Crippen LogP contribution in [0.4, 0.5) is 16.6 Å². The lowest BCUT2D eigenvalue weighted by Gasteiger charge is -2.29. The van der Waals surface area contributed by atoms with E-state index in [0.717, 1.165) is 21.6 Å². The second-order valence-electron chi connectivity index (χ2n) is 5.87. The molecule has 0 saturated carbocycles. The zero-order valence-corrected chi connectivity index (χ0v) is 15.3. The largest absolute Gasteiger partial charge is 0.380 e. The van der Waals surface area contributed by atoms with E-state index in [2.05, 4.69) is 25.0 Å². The standard InChI is InChI=1S/C15H17N7O2S2/c16-8-6-24-3-1-9(8)19-10-5-18-11(12(17)23)13(20-10)21-14-7-2-4-25-15(7)22-26-14/h2,4-5,8-9H,1,3,6,16H2,(H2,17,23)(H2,19,20,21)/t8-,9+/m0/s1. The highest BCUT2D eigenvalue weighted by Crippen LogP contribution is 2.33. The van der Waals surface area contributed by atoms with E-state index in [9.17, 15) is 4.79 Å². The summed E-state index contributed by atoms with van der Waals surface area (Å²) in [5.41, 5.74) is 11.6. The Hall–Kier alpha value is -2.34. The number of fused-ring (bicyclic) bond motifs is 1. The lowest BCUT2D eigenvalue weighted by Crippen LogP contribution is -2.47. The summed E-state index contributed by atoms with van der Waals surface area (Å²) in [5.74, 6) is 0.159. The highest BCUT2D eigenvalue weighted by Gasteiger charge is 2.23. The molecule has 1 fully saturated rings. The molecule has 3 aromatic heterocycles. The Bertz CT molecular complexity index is 941. The average molecular weight is 391 g/mol. The summed E-state index contributed by atoms with van der Waals surface area (Å²) in [7, 11) is 0. The molecule has 6 N–H and O–H groups in total. The van der Waals surface area contributed by atoms with Crippen LogP contribution in [0.15, 0.2) is 17.6 Å². The van der Waals surface area contributed by atoms with Crippen LogP contribution in [0.2, 0.25) is 0 Å². The van der Waals surface area contributed by atoms with Gasteiger partial charge in [-0.1, -0.05) is 0 Å².